The molecule has 0 aliphatic rings. The number of nitrogen functional groups attached to an aromatic ring is 2. The van der Waals surface area contributed by atoms with Gasteiger partial charge in [-0.05, 0) is 64.8 Å². The predicted molar refractivity (Wildman–Crippen MR) is 109 cm³/mol. The number of nitrogens with two attached hydrogens (primary N) is 2. The van der Waals surface area contributed by atoms with E-state index in [-0.39, 0.29) is 0 Å². The lowest BCUT2D eigenvalue weighted by Crippen LogP contribution is -2.06. The number of anilines is 2. The van der Waals surface area contributed by atoms with Crippen LogP contribution in [0.1, 0.15) is 47.2 Å². The fourth-order valence-electron chi connectivity index (χ4n) is 3.25. The summed E-state index contributed by atoms with van der Waals surface area (Å²) in [7, 11) is 0. The molecule has 23 heavy (non-hydrogen) atoms. The summed E-state index contributed by atoms with van der Waals surface area (Å²) in [6.07, 6.45) is 2.90. The van der Waals surface area contributed by atoms with Crippen molar-refractivity contribution in [3.8, 4) is 0 Å². The monoisotopic (exact) mass is 438 g/mol. The number of hydrogen-bond donors (Lipinski definition) is 2. The van der Waals surface area contributed by atoms with Crippen LogP contribution in [0.15, 0.2) is 24.3 Å². The third-order valence-corrected chi connectivity index (χ3v) is 5.61. The Balaban J connectivity index is 2.52. The quantitative estimate of drug-likeness (QED) is 0.470. The summed E-state index contributed by atoms with van der Waals surface area (Å²) in [5, 5.41) is 1.59. The zero-order chi connectivity index (χ0) is 17.0. The van der Waals surface area contributed by atoms with Crippen LogP contribution in [0.25, 0.3) is 0 Å². The molecule has 0 heterocycles. The van der Waals surface area contributed by atoms with Gasteiger partial charge in [-0.1, -0.05) is 57.8 Å². The van der Waals surface area contributed by atoms with Crippen molar-refractivity contribution in [1.82, 2.24) is 0 Å². The highest BCUT2D eigenvalue weighted by molar-refractivity contribution is 9.08. The van der Waals surface area contributed by atoms with E-state index in [0.29, 0.717) is 0 Å². The molecule has 0 radical (unpaired) electrons. The maximum Gasteiger partial charge on any atom is 0.0358 e. The average molecular weight is 440 g/mol. The number of hydrogen-bond acceptors (Lipinski definition) is 2. The fourth-order valence-corrected chi connectivity index (χ4v) is 4.58. The van der Waals surface area contributed by atoms with Crippen molar-refractivity contribution >= 4 is 43.2 Å². The molecule has 4 heteroatoms. The molecule has 0 spiro atoms. The molecule has 2 aromatic rings. The van der Waals surface area contributed by atoms with Gasteiger partial charge in [-0.25, -0.2) is 0 Å². The average Bonchev–Trinajstić information content (AvgIpc) is 2.56. The molecule has 2 rings (SSSR count). The molecule has 0 aliphatic heterocycles. The van der Waals surface area contributed by atoms with Crippen LogP contribution < -0.4 is 11.5 Å². The minimum atomic E-state index is 0.796. The minimum absolute atomic E-state index is 0.796. The van der Waals surface area contributed by atoms with Crippen molar-refractivity contribution in [3.63, 3.8) is 0 Å². The molecule has 0 amide bonds. The summed E-state index contributed by atoms with van der Waals surface area (Å²) in [6.45, 7) is 4.39. The second-order valence-electron chi connectivity index (χ2n) is 5.69. The van der Waals surface area contributed by atoms with Crippen LogP contribution in [0.5, 0.6) is 0 Å². The van der Waals surface area contributed by atoms with E-state index < -0.39 is 0 Å². The highest BCUT2D eigenvalue weighted by Gasteiger charge is 2.14. The van der Waals surface area contributed by atoms with Gasteiger partial charge < -0.3 is 11.5 Å². The van der Waals surface area contributed by atoms with Gasteiger partial charge in [-0.15, -0.1) is 0 Å². The van der Waals surface area contributed by atoms with Crippen LogP contribution in [-0.2, 0) is 29.9 Å². The molecule has 124 valence electrons. The highest BCUT2D eigenvalue weighted by atomic mass is 79.9. The first-order chi connectivity index (χ1) is 11.1. The summed E-state index contributed by atoms with van der Waals surface area (Å²) in [5.74, 6) is 0. The van der Waals surface area contributed by atoms with Gasteiger partial charge in [0.2, 0.25) is 0 Å². The minimum Gasteiger partial charge on any atom is -0.398 e. The van der Waals surface area contributed by atoms with E-state index in [1.807, 2.05) is 12.1 Å². The lowest BCUT2D eigenvalue weighted by molar-refractivity contribution is 1.00. The molecule has 0 saturated carbocycles. The third-order valence-electron chi connectivity index (χ3n) is 4.48. The zero-order valence-corrected chi connectivity index (χ0v) is 16.9. The van der Waals surface area contributed by atoms with Crippen LogP contribution in [0.4, 0.5) is 11.4 Å². The highest BCUT2D eigenvalue weighted by Crippen LogP contribution is 2.30. The lowest BCUT2D eigenvalue weighted by Gasteiger charge is -2.18. The van der Waals surface area contributed by atoms with Gasteiger partial charge in [0.15, 0.2) is 0 Å². The Hall–Kier alpha value is -1.00. The van der Waals surface area contributed by atoms with Crippen LogP contribution in [0, 0.1) is 0 Å². The first-order valence-corrected chi connectivity index (χ1v) is 10.2. The SMILES string of the molecule is CCc1c(Cc2ccc(N)c(CBr)c2CC)ccc(N)c1CBr. The number of benzene rings is 2. The van der Waals surface area contributed by atoms with E-state index in [1.54, 1.807) is 0 Å². The Morgan fingerprint density at radius 2 is 1.09 bits per heavy atom. The van der Waals surface area contributed by atoms with Gasteiger partial charge in [0.1, 0.15) is 0 Å². The number of halogens is 2. The molecule has 0 bridgehead atoms. The van der Waals surface area contributed by atoms with Gasteiger partial charge in [-0.2, -0.15) is 0 Å². The van der Waals surface area contributed by atoms with E-state index in [0.717, 1.165) is 41.3 Å². The van der Waals surface area contributed by atoms with Crippen molar-refractivity contribution in [2.45, 2.75) is 43.8 Å². The Labute approximate surface area is 155 Å². The van der Waals surface area contributed by atoms with E-state index >= 15 is 0 Å². The Morgan fingerprint density at radius 3 is 1.39 bits per heavy atom. The molecule has 2 nitrogen and oxygen atoms in total. The summed E-state index contributed by atoms with van der Waals surface area (Å²) in [6, 6.07) is 8.40. The van der Waals surface area contributed by atoms with Crippen molar-refractivity contribution in [2.24, 2.45) is 0 Å². The zero-order valence-electron chi connectivity index (χ0n) is 13.8. The molecule has 0 atom stereocenters. The first-order valence-electron chi connectivity index (χ1n) is 7.97. The summed E-state index contributed by atoms with van der Waals surface area (Å²) in [5.41, 5.74) is 21.9. The third kappa shape index (κ3) is 3.74. The van der Waals surface area contributed by atoms with Gasteiger partial charge in [0, 0.05) is 22.0 Å². The molecule has 0 aromatic heterocycles. The van der Waals surface area contributed by atoms with Crippen LogP contribution in [0.3, 0.4) is 0 Å². The topological polar surface area (TPSA) is 52.0 Å². The number of alkyl halides is 2. The fraction of sp³-hybridized carbons (Fsp3) is 0.368. The first kappa shape index (κ1) is 18.3. The van der Waals surface area contributed by atoms with Crippen molar-refractivity contribution in [2.75, 3.05) is 11.5 Å². The van der Waals surface area contributed by atoms with Gasteiger partial charge in [-0.3, -0.25) is 0 Å². The van der Waals surface area contributed by atoms with Crippen molar-refractivity contribution in [3.05, 3.63) is 57.6 Å². The normalized spacial score (nSPS) is 11.0. The van der Waals surface area contributed by atoms with Crippen molar-refractivity contribution in [1.29, 1.82) is 0 Å². The van der Waals surface area contributed by atoms with Gasteiger partial charge in [0.05, 0.1) is 0 Å². The van der Waals surface area contributed by atoms with E-state index in [4.69, 9.17) is 11.5 Å². The molecule has 4 N–H and O–H groups in total. The van der Waals surface area contributed by atoms with Crippen LogP contribution in [-0.4, -0.2) is 0 Å². The molecular formula is C19H24Br2N2. The van der Waals surface area contributed by atoms with E-state index in [9.17, 15) is 0 Å². The summed E-state index contributed by atoms with van der Waals surface area (Å²) < 4.78 is 0. The Bertz CT molecular complexity index is 637. The predicted octanol–water partition coefficient (Wildman–Crippen LogP) is 5.36. The Morgan fingerprint density at radius 1 is 0.696 bits per heavy atom. The molecule has 0 fully saturated rings. The molecule has 2 aromatic carbocycles. The Kier molecular flexibility index (Phi) is 6.54. The van der Waals surface area contributed by atoms with Crippen molar-refractivity contribution < 1.29 is 0 Å². The summed E-state index contributed by atoms with van der Waals surface area (Å²) >= 11 is 7.15. The van der Waals surface area contributed by atoms with Crippen LogP contribution >= 0.6 is 31.9 Å². The molecular weight excluding hydrogens is 416 g/mol. The lowest BCUT2D eigenvalue weighted by atomic mass is 9.89. The van der Waals surface area contributed by atoms with E-state index in [2.05, 4.69) is 57.8 Å². The second kappa shape index (κ2) is 8.20. The smallest absolute Gasteiger partial charge is 0.0358 e. The summed E-state index contributed by atoms with van der Waals surface area (Å²) in [4.78, 5) is 0. The van der Waals surface area contributed by atoms with Gasteiger partial charge >= 0.3 is 0 Å². The van der Waals surface area contributed by atoms with Crippen LogP contribution in [0.2, 0.25) is 0 Å². The molecule has 0 saturated heterocycles. The second-order valence-corrected chi connectivity index (χ2v) is 6.81. The maximum absolute atomic E-state index is 6.14. The standard InChI is InChI=1S/C19H24Br2N2/c1-3-14-12(5-7-18(22)16(14)10-20)9-13-6-8-19(23)17(11-21)15(13)4-2/h5-8H,3-4,9-11,22-23H2,1-2H3. The largest absolute Gasteiger partial charge is 0.398 e. The molecule has 0 aliphatic carbocycles. The van der Waals surface area contributed by atoms with Gasteiger partial charge in [0.25, 0.3) is 0 Å². The maximum atomic E-state index is 6.14. The molecule has 0 unspecified atom stereocenters. The van der Waals surface area contributed by atoms with E-state index in [1.165, 1.54) is 33.4 Å². The number of rotatable bonds is 6.